The van der Waals surface area contributed by atoms with Crippen LogP contribution in [0.15, 0.2) is 12.1 Å². The Morgan fingerprint density at radius 3 is 2.42 bits per heavy atom. The van der Waals surface area contributed by atoms with E-state index in [0.717, 1.165) is 18.4 Å². The first-order valence-corrected chi connectivity index (χ1v) is 8.33. The number of carbonyl (C=O) groups is 1. The summed E-state index contributed by atoms with van der Waals surface area (Å²) < 4.78 is 46.5. The zero-order valence-electron chi connectivity index (χ0n) is 13.7. The maximum Gasteiger partial charge on any atom is 0.251 e. The molecule has 6 heteroatoms. The van der Waals surface area contributed by atoms with Crippen LogP contribution in [0.25, 0.3) is 0 Å². The molecule has 0 radical (unpaired) electrons. The van der Waals surface area contributed by atoms with Crippen molar-refractivity contribution < 1.29 is 22.7 Å². The summed E-state index contributed by atoms with van der Waals surface area (Å²) in [5.41, 5.74) is 5.51. The summed E-state index contributed by atoms with van der Waals surface area (Å²) >= 11 is 0. The van der Waals surface area contributed by atoms with E-state index in [0.29, 0.717) is 18.6 Å². The van der Waals surface area contributed by atoms with Crippen LogP contribution in [0, 0.1) is 11.2 Å². The van der Waals surface area contributed by atoms with Gasteiger partial charge in [-0.3, -0.25) is 4.79 Å². The molecule has 1 aromatic carbocycles. The normalized spacial score (nSPS) is 22.2. The highest BCUT2D eigenvalue weighted by Crippen LogP contribution is 2.47. The van der Waals surface area contributed by atoms with Gasteiger partial charge in [0, 0.05) is 24.3 Å². The van der Waals surface area contributed by atoms with Crippen molar-refractivity contribution in [3.63, 3.8) is 0 Å². The molecular weight excluding hydrogens is 319 g/mol. The van der Waals surface area contributed by atoms with E-state index < -0.39 is 17.6 Å². The first kappa shape index (κ1) is 17.1. The number of hydrogen-bond acceptors (Lipinski definition) is 2. The number of nitrogens with two attached hydrogens (primary N) is 1. The second-order valence-electron chi connectivity index (χ2n) is 7.46. The van der Waals surface area contributed by atoms with Gasteiger partial charge in [-0.25, -0.2) is 13.2 Å². The van der Waals surface area contributed by atoms with Crippen molar-refractivity contribution in [2.75, 3.05) is 6.61 Å². The van der Waals surface area contributed by atoms with Gasteiger partial charge in [-0.05, 0) is 43.2 Å². The molecule has 1 amide bonds. The molecule has 2 fully saturated rings. The number of alkyl halides is 2. The Labute approximate surface area is 139 Å². The maximum atomic E-state index is 14.0. The lowest BCUT2D eigenvalue weighted by molar-refractivity contribution is -0.0712. The van der Waals surface area contributed by atoms with Crippen LogP contribution < -0.4 is 10.5 Å². The third-order valence-electron chi connectivity index (χ3n) is 5.15. The predicted molar refractivity (Wildman–Crippen MR) is 83.9 cm³/mol. The van der Waals surface area contributed by atoms with Crippen LogP contribution in [-0.4, -0.2) is 18.4 Å². The number of carbonyl (C=O) groups excluding carboxylic acids is 1. The van der Waals surface area contributed by atoms with Crippen LogP contribution in [0.4, 0.5) is 13.2 Å². The van der Waals surface area contributed by atoms with Crippen molar-refractivity contribution in [2.45, 2.75) is 57.3 Å². The minimum absolute atomic E-state index is 0.132. The second kappa shape index (κ2) is 5.97. The molecule has 0 saturated heterocycles. The Hall–Kier alpha value is -1.72. The molecule has 2 saturated carbocycles. The third-order valence-corrected chi connectivity index (χ3v) is 5.15. The van der Waals surface area contributed by atoms with Gasteiger partial charge >= 0.3 is 0 Å². The summed E-state index contributed by atoms with van der Waals surface area (Å²) in [4.78, 5) is 11.3. The van der Waals surface area contributed by atoms with Gasteiger partial charge < -0.3 is 10.5 Å². The quantitative estimate of drug-likeness (QED) is 0.863. The summed E-state index contributed by atoms with van der Waals surface area (Å²) in [6.07, 6.45) is 2.39. The van der Waals surface area contributed by atoms with Crippen molar-refractivity contribution in [1.82, 2.24) is 0 Å². The second-order valence-corrected chi connectivity index (χ2v) is 7.46. The van der Waals surface area contributed by atoms with E-state index in [2.05, 4.69) is 0 Å². The van der Waals surface area contributed by atoms with Crippen LogP contribution in [-0.2, 0) is 0 Å². The summed E-state index contributed by atoms with van der Waals surface area (Å²) in [5, 5.41) is 0. The maximum absolute atomic E-state index is 14.0. The molecule has 0 bridgehead atoms. The average molecular weight is 341 g/mol. The molecule has 0 spiro atoms. The molecule has 0 unspecified atom stereocenters. The van der Waals surface area contributed by atoms with Crippen molar-refractivity contribution in [3.05, 3.63) is 29.1 Å². The lowest BCUT2D eigenvalue weighted by Gasteiger charge is -2.37. The summed E-state index contributed by atoms with van der Waals surface area (Å²) in [6.45, 7) is 2.19. The van der Waals surface area contributed by atoms with Gasteiger partial charge in [0.2, 0.25) is 5.92 Å². The van der Waals surface area contributed by atoms with Crippen molar-refractivity contribution >= 4 is 5.91 Å². The van der Waals surface area contributed by atoms with Crippen LogP contribution >= 0.6 is 0 Å². The topological polar surface area (TPSA) is 52.3 Å². The molecule has 1 aromatic rings. The fourth-order valence-corrected chi connectivity index (χ4v) is 3.21. The van der Waals surface area contributed by atoms with Crippen LogP contribution in [0.1, 0.15) is 67.3 Å². The summed E-state index contributed by atoms with van der Waals surface area (Å²) in [7, 11) is 0. The minimum atomic E-state index is -2.59. The molecule has 3 nitrogen and oxygen atoms in total. The predicted octanol–water partition coefficient (Wildman–Crippen LogP) is 4.40. The van der Waals surface area contributed by atoms with Crippen LogP contribution in [0.2, 0.25) is 0 Å². The van der Waals surface area contributed by atoms with E-state index in [9.17, 15) is 18.0 Å². The zero-order chi connectivity index (χ0) is 17.5. The Bertz CT molecular complexity index is 646. The standard InChI is InChI=1S/C18H22F3NO2/c1-17(4-6-18(20,21)7-5-17)10-24-15-9-14(19)13(16(22)23)8-12(15)11-2-3-11/h8-9,11H,2-7,10H2,1H3,(H2,22,23). The number of rotatable bonds is 5. The molecule has 24 heavy (non-hydrogen) atoms. The molecule has 0 atom stereocenters. The fourth-order valence-electron chi connectivity index (χ4n) is 3.21. The molecular formula is C18H22F3NO2. The van der Waals surface area contributed by atoms with E-state index in [1.807, 2.05) is 6.92 Å². The molecule has 2 aliphatic rings. The van der Waals surface area contributed by atoms with Crippen LogP contribution in [0.5, 0.6) is 5.75 Å². The van der Waals surface area contributed by atoms with E-state index >= 15 is 0 Å². The average Bonchev–Trinajstić information content (AvgIpc) is 3.33. The van der Waals surface area contributed by atoms with Gasteiger partial charge in [0.25, 0.3) is 5.91 Å². The van der Waals surface area contributed by atoms with Gasteiger partial charge in [0.15, 0.2) is 0 Å². The molecule has 132 valence electrons. The lowest BCUT2D eigenvalue weighted by Crippen LogP contribution is -2.35. The van der Waals surface area contributed by atoms with Gasteiger partial charge in [-0.1, -0.05) is 6.92 Å². The number of halogens is 3. The highest BCUT2D eigenvalue weighted by Gasteiger charge is 2.41. The van der Waals surface area contributed by atoms with Crippen molar-refractivity contribution in [2.24, 2.45) is 11.1 Å². The molecule has 2 N–H and O–H groups in total. The Morgan fingerprint density at radius 2 is 1.88 bits per heavy atom. The third kappa shape index (κ3) is 3.68. The molecule has 3 rings (SSSR count). The smallest absolute Gasteiger partial charge is 0.251 e. The zero-order valence-corrected chi connectivity index (χ0v) is 13.7. The van der Waals surface area contributed by atoms with E-state index in [4.69, 9.17) is 10.5 Å². The monoisotopic (exact) mass is 341 g/mol. The lowest BCUT2D eigenvalue weighted by atomic mass is 9.75. The first-order valence-electron chi connectivity index (χ1n) is 8.33. The highest BCUT2D eigenvalue weighted by molar-refractivity contribution is 5.93. The van der Waals surface area contributed by atoms with Crippen molar-refractivity contribution in [1.29, 1.82) is 0 Å². The molecule has 0 heterocycles. The molecule has 0 aromatic heterocycles. The number of amides is 1. The minimum Gasteiger partial charge on any atom is -0.493 e. The molecule has 0 aliphatic heterocycles. The number of benzene rings is 1. The summed E-state index contributed by atoms with van der Waals surface area (Å²) in [6, 6.07) is 2.68. The van der Waals surface area contributed by atoms with Gasteiger partial charge in [-0.2, -0.15) is 0 Å². The van der Waals surface area contributed by atoms with Crippen LogP contribution in [0.3, 0.4) is 0 Å². The van der Waals surface area contributed by atoms with E-state index in [1.165, 1.54) is 12.1 Å². The SMILES string of the molecule is CC1(COc2cc(F)c(C(N)=O)cc2C2CC2)CCC(F)(F)CC1. The van der Waals surface area contributed by atoms with Gasteiger partial charge in [-0.15, -0.1) is 0 Å². The Balaban J connectivity index is 1.75. The fraction of sp³-hybridized carbons (Fsp3) is 0.611. The van der Waals surface area contributed by atoms with E-state index in [-0.39, 0.29) is 36.3 Å². The summed E-state index contributed by atoms with van der Waals surface area (Å²) in [5.74, 6) is -3.45. The van der Waals surface area contributed by atoms with Gasteiger partial charge in [0.05, 0.1) is 12.2 Å². The van der Waals surface area contributed by atoms with E-state index in [1.54, 1.807) is 0 Å². The largest absolute Gasteiger partial charge is 0.493 e. The Kier molecular flexibility index (Phi) is 4.26. The van der Waals surface area contributed by atoms with Crippen molar-refractivity contribution in [3.8, 4) is 5.75 Å². The number of hydrogen-bond donors (Lipinski definition) is 1. The first-order chi connectivity index (χ1) is 11.2. The number of primary amides is 1. The Morgan fingerprint density at radius 1 is 1.25 bits per heavy atom. The highest BCUT2D eigenvalue weighted by atomic mass is 19.3. The molecule has 2 aliphatic carbocycles. The number of ether oxygens (including phenoxy) is 1. The van der Waals surface area contributed by atoms with Gasteiger partial charge in [0.1, 0.15) is 11.6 Å².